The van der Waals surface area contributed by atoms with Crippen molar-refractivity contribution < 1.29 is 4.39 Å². The van der Waals surface area contributed by atoms with E-state index in [1.165, 1.54) is 12.1 Å². The van der Waals surface area contributed by atoms with Crippen molar-refractivity contribution in [1.82, 2.24) is 4.98 Å². The van der Waals surface area contributed by atoms with Gasteiger partial charge in [-0.15, -0.1) is 0 Å². The van der Waals surface area contributed by atoms with Crippen molar-refractivity contribution in [2.75, 3.05) is 0 Å². The van der Waals surface area contributed by atoms with E-state index in [9.17, 15) is 4.39 Å². The van der Waals surface area contributed by atoms with E-state index in [1.54, 1.807) is 24.4 Å². The Balaban J connectivity index is 2.55. The van der Waals surface area contributed by atoms with Crippen LogP contribution in [-0.4, -0.2) is 4.98 Å². The van der Waals surface area contributed by atoms with E-state index in [4.69, 9.17) is 5.26 Å². The lowest BCUT2D eigenvalue weighted by Gasteiger charge is -2.05. The summed E-state index contributed by atoms with van der Waals surface area (Å²) in [6, 6.07) is 10.1. The molecule has 0 bridgehead atoms. The van der Waals surface area contributed by atoms with E-state index in [0.717, 1.165) is 16.8 Å². The number of hydrogen-bond donors (Lipinski definition) is 0. The van der Waals surface area contributed by atoms with Crippen LogP contribution in [0.25, 0.3) is 11.1 Å². The SMILES string of the molecule is Cc1ncccc1-c1ccc(C#N)c(F)c1. The monoisotopic (exact) mass is 212 g/mol. The van der Waals surface area contributed by atoms with Gasteiger partial charge in [0, 0.05) is 17.5 Å². The van der Waals surface area contributed by atoms with Gasteiger partial charge in [-0.1, -0.05) is 12.1 Å². The molecule has 0 aliphatic carbocycles. The molecule has 0 saturated carbocycles. The highest BCUT2D eigenvalue weighted by atomic mass is 19.1. The molecule has 2 rings (SSSR count). The van der Waals surface area contributed by atoms with Crippen LogP contribution in [0.15, 0.2) is 36.5 Å². The van der Waals surface area contributed by atoms with Gasteiger partial charge in [-0.25, -0.2) is 4.39 Å². The summed E-state index contributed by atoms with van der Waals surface area (Å²) in [6.07, 6.45) is 1.69. The third-order valence-corrected chi connectivity index (χ3v) is 2.41. The molecular weight excluding hydrogens is 203 g/mol. The molecule has 2 aromatic rings. The summed E-state index contributed by atoms with van der Waals surface area (Å²) in [7, 11) is 0. The lowest BCUT2D eigenvalue weighted by molar-refractivity contribution is 0.624. The minimum atomic E-state index is -0.497. The highest BCUT2D eigenvalue weighted by molar-refractivity contribution is 5.66. The second-order valence-corrected chi connectivity index (χ2v) is 3.44. The van der Waals surface area contributed by atoms with Gasteiger partial charge in [-0.2, -0.15) is 5.26 Å². The Morgan fingerprint density at radius 3 is 2.75 bits per heavy atom. The Morgan fingerprint density at radius 2 is 2.12 bits per heavy atom. The number of aryl methyl sites for hydroxylation is 1. The molecule has 1 aromatic carbocycles. The number of nitriles is 1. The number of pyridine rings is 1. The zero-order chi connectivity index (χ0) is 11.5. The smallest absolute Gasteiger partial charge is 0.141 e. The molecule has 0 aliphatic rings. The highest BCUT2D eigenvalue weighted by Gasteiger charge is 2.06. The fourth-order valence-corrected chi connectivity index (χ4v) is 1.56. The van der Waals surface area contributed by atoms with Crippen LogP contribution in [0.4, 0.5) is 4.39 Å². The number of rotatable bonds is 1. The van der Waals surface area contributed by atoms with E-state index in [2.05, 4.69) is 4.98 Å². The predicted molar refractivity (Wildman–Crippen MR) is 59.1 cm³/mol. The minimum Gasteiger partial charge on any atom is -0.261 e. The largest absolute Gasteiger partial charge is 0.261 e. The van der Waals surface area contributed by atoms with Gasteiger partial charge in [0.1, 0.15) is 11.9 Å². The van der Waals surface area contributed by atoms with E-state index in [-0.39, 0.29) is 5.56 Å². The molecule has 2 nitrogen and oxygen atoms in total. The molecule has 0 radical (unpaired) electrons. The van der Waals surface area contributed by atoms with Crippen LogP contribution in [0.1, 0.15) is 11.3 Å². The molecule has 3 heteroatoms. The average molecular weight is 212 g/mol. The van der Waals surface area contributed by atoms with Crippen molar-refractivity contribution in [3.05, 3.63) is 53.6 Å². The average Bonchev–Trinajstić information content (AvgIpc) is 2.29. The molecule has 0 fully saturated rings. The number of nitrogens with zero attached hydrogens (tertiary/aromatic N) is 2. The Bertz CT molecular complexity index is 570. The lowest BCUT2D eigenvalue weighted by Crippen LogP contribution is -1.89. The van der Waals surface area contributed by atoms with Crippen LogP contribution >= 0.6 is 0 Å². The fraction of sp³-hybridized carbons (Fsp3) is 0.0769. The summed E-state index contributed by atoms with van der Waals surface area (Å²) in [5.74, 6) is -0.497. The molecular formula is C13H9FN2. The minimum absolute atomic E-state index is 0.0605. The second-order valence-electron chi connectivity index (χ2n) is 3.44. The van der Waals surface area contributed by atoms with E-state index >= 15 is 0 Å². The first-order valence-electron chi connectivity index (χ1n) is 4.84. The zero-order valence-electron chi connectivity index (χ0n) is 8.74. The van der Waals surface area contributed by atoms with Gasteiger partial charge in [0.05, 0.1) is 5.56 Å². The topological polar surface area (TPSA) is 36.7 Å². The van der Waals surface area contributed by atoms with Crippen LogP contribution in [0.2, 0.25) is 0 Å². The first-order valence-corrected chi connectivity index (χ1v) is 4.84. The van der Waals surface area contributed by atoms with Crippen molar-refractivity contribution in [2.45, 2.75) is 6.92 Å². The first kappa shape index (κ1) is 10.3. The molecule has 0 amide bonds. The van der Waals surface area contributed by atoms with Crippen molar-refractivity contribution in [1.29, 1.82) is 5.26 Å². The number of halogens is 1. The van der Waals surface area contributed by atoms with Gasteiger partial charge < -0.3 is 0 Å². The summed E-state index contributed by atoms with van der Waals surface area (Å²) in [4.78, 5) is 4.14. The second kappa shape index (κ2) is 4.11. The zero-order valence-corrected chi connectivity index (χ0v) is 8.74. The Labute approximate surface area is 93.0 Å². The Kier molecular flexibility index (Phi) is 2.65. The van der Waals surface area contributed by atoms with Crippen LogP contribution in [0, 0.1) is 24.1 Å². The van der Waals surface area contributed by atoms with Crippen molar-refractivity contribution in [2.24, 2.45) is 0 Å². The first-order chi connectivity index (χ1) is 7.72. The molecule has 1 aromatic heterocycles. The van der Waals surface area contributed by atoms with Gasteiger partial charge in [-0.3, -0.25) is 4.98 Å². The van der Waals surface area contributed by atoms with Crippen LogP contribution in [0.3, 0.4) is 0 Å². The van der Waals surface area contributed by atoms with Crippen molar-refractivity contribution in [3.8, 4) is 17.2 Å². The molecule has 0 aliphatic heterocycles. The van der Waals surface area contributed by atoms with E-state index in [0.29, 0.717) is 0 Å². The van der Waals surface area contributed by atoms with Gasteiger partial charge in [-0.05, 0) is 30.7 Å². The fourth-order valence-electron chi connectivity index (χ4n) is 1.56. The molecule has 0 spiro atoms. The van der Waals surface area contributed by atoms with Crippen molar-refractivity contribution >= 4 is 0 Å². The van der Waals surface area contributed by atoms with Gasteiger partial charge in [0.15, 0.2) is 0 Å². The van der Waals surface area contributed by atoms with Crippen LogP contribution in [-0.2, 0) is 0 Å². The summed E-state index contributed by atoms with van der Waals surface area (Å²) in [5.41, 5.74) is 2.52. The standard InChI is InChI=1S/C13H9FN2/c1-9-12(3-2-6-16-9)10-4-5-11(8-15)13(14)7-10/h2-7H,1H3. The summed E-state index contributed by atoms with van der Waals surface area (Å²) in [5, 5.41) is 8.63. The maximum atomic E-state index is 13.4. The van der Waals surface area contributed by atoms with E-state index < -0.39 is 5.82 Å². The molecule has 16 heavy (non-hydrogen) atoms. The van der Waals surface area contributed by atoms with Crippen LogP contribution in [0.5, 0.6) is 0 Å². The molecule has 0 saturated heterocycles. The quantitative estimate of drug-likeness (QED) is 0.728. The predicted octanol–water partition coefficient (Wildman–Crippen LogP) is 3.07. The van der Waals surface area contributed by atoms with Gasteiger partial charge >= 0.3 is 0 Å². The van der Waals surface area contributed by atoms with Gasteiger partial charge in [0.2, 0.25) is 0 Å². The molecule has 1 heterocycles. The third-order valence-electron chi connectivity index (χ3n) is 2.41. The lowest BCUT2D eigenvalue weighted by atomic mass is 10.0. The van der Waals surface area contributed by atoms with E-state index in [1.807, 2.05) is 13.0 Å². The highest BCUT2D eigenvalue weighted by Crippen LogP contribution is 2.23. The summed E-state index contributed by atoms with van der Waals surface area (Å²) in [6.45, 7) is 1.87. The number of benzene rings is 1. The van der Waals surface area contributed by atoms with Gasteiger partial charge in [0.25, 0.3) is 0 Å². The molecule has 0 unspecified atom stereocenters. The van der Waals surface area contributed by atoms with Crippen LogP contribution < -0.4 is 0 Å². The Morgan fingerprint density at radius 1 is 1.31 bits per heavy atom. The molecule has 78 valence electrons. The third kappa shape index (κ3) is 1.78. The summed E-state index contributed by atoms with van der Waals surface area (Å²) < 4.78 is 13.4. The molecule has 0 N–H and O–H groups in total. The summed E-state index contributed by atoms with van der Waals surface area (Å²) >= 11 is 0. The number of aromatic nitrogens is 1. The molecule has 0 atom stereocenters. The Hall–Kier alpha value is -2.21. The normalized spacial score (nSPS) is 9.81. The maximum absolute atomic E-state index is 13.4. The maximum Gasteiger partial charge on any atom is 0.141 e. The van der Waals surface area contributed by atoms with Crippen molar-refractivity contribution in [3.63, 3.8) is 0 Å². The number of hydrogen-bond acceptors (Lipinski definition) is 2.